The second kappa shape index (κ2) is 11.4. The maximum absolute atomic E-state index is 13.0. The van der Waals surface area contributed by atoms with Gasteiger partial charge in [0.15, 0.2) is 0 Å². The zero-order valence-electron chi connectivity index (χ0n) is 20.4. The summed E-state index contributed by atoms with van der Waals surface area (Å²) in [7, 11) is -0.777. The van der Waals surface area contributed by atoms with Crippen molar-refractivity contribution in [2.75, 3.05) is 40.4 Å². The van der Waals surface area contributed by atoms with Crippen LogP contribution in [0.3, 0.4) is 0 Å². The first-order valence-electron chi connectivity index (χ1n) is 11.4. The van der Waals surface area contributed by atoms with Gasteiger partial charge in [-0.05, 0) is 33.7 Å². The van der Waals surface area contributed by atoms with E-state index in [1.54, 1.807) is 16.6 Å². The molecule has 0 bridgehead atoms. The second-order valence-electron chi connectivity index (χ2n) is 7.97. The zero-order chi connectivity index (χ0) is 25.5. The Hall–Kier alpha value is -3.68. The third-order valence-electron chi connectivity index (χ3n) is 5.81. The molecule has 0 radical (unpaired) electrons. The number of methoxy groups -OCH3 is 1. The van der Waals surface area contributed by atoms with Crippen molar-refractivity contribution in [1.82, 2.24) is 34.2 Å². The number of benzene rings is 2. The minimum atomic E-state index is -3.85. The Morgan fingerprint density at radius 3 is 2.56 bits per heavy atom. The standard InChI is InChI=1S/C23H29N9O3S/c1-4-30(14-15-35-3)36(33,34)27-23(24-2)31-16-21(18-8-6-5-7-9-18)22(26-31)19-10-12-20(13-11-19)32-17-25-28-29-32/h5-13,17,21H,4,14-16H2,1-3H3,(H,24,27). The van der Waals surface area contributed by atoms with E-state index in [9.17, 15) is 8.42 Å². The van der Waals surface area contributed by atoms with Gasteiger partial charge in [-0.1, -0.05) is 49.4 Å². The molecule has 2 heterocycles. The Morgan fingerprint density at radius 2 is 1.94 bits per heavy atom. The van der Waals surface area contributed by atoms with Crippen molar-refractivity contribution in [1.29, 1.82) is 0 Å². The normalized spacial score (nSPS) is 16.4. The number of tetrazole rings is 1. The fourth-order valence-corrected chi connectivity index (χ4v) is 5.15. The zero-order valence-corrected chi connectivity index (χ0v) is 21.2. The molecule has 1 aliphatic heterocycles. The number of likely N-dealkylation sites (N-methyl/N-ethyl adjacent to an activating group) is 1. The molecule has 2 aromatic carbocycles. The number of nitrogens with zero attached hydrogens (tertiary/aromatic N) is 8. The van der Waals surface area contributed by atoms with Gasteiger partial charge in [0, 0.05) is 33.2 Å². The van der Waals surface area contributed by atoms with Gasteiger partial charge in [-0.2, -0.15) is 17.8 Å². The number of guanidine groups is 1. The van der Waals surface area contributed by atoms with Crippen LogP contribution in [0.2, 0.25) is 0 Å². The predicted octanol–water partition coefficient (Wildman–Crippen LogP) is 1.25. The summed E-state index contributed by atoms with van der Waals surface area (Å²) in [6.45, 7) is 3.01. The fraction of sp³-hybridized carbons (Fsp3) is 0.348. The second-order valence-corrected chi connectivity index (χ2v) is 9.64. The first-order chi connectivity index (χ1) is 17.5. The Bertz CT molecular complexity index is 1290. The van der Waals surface area contributed by atoms with Gasteiger partial charge in [-0.15, -0.1) is 5.10 Å². The molecular weight excluding hydrogens is 482 g/mol. The molecule has 1 aromatic heterocycles. The highest BCUT2D eigenvalue weighted by Gasteiger charge is 2.33. The molecule has 3 aromatic rings. The van der Waals surface area contributed by atoms with Gasteiger partial charge >= 0.3 is 10.2 Å². The average Bonchev–Trinajstić information content (AvgIpc) is 3.59. The summed E-state index contributed by atoms with van der Waals surface area (Å²) in [6.07, 6.45) is 1.53. The van der Waals surface area contributed by atoms with Gasteiger partial charge in [0.25, 0.3) is 0 Å². The molecule has 0 fully saturated rings. The SMILES string of the molecule is CCN(CCOC)S(=O)(=O)NC(=NC)N1CC(c2ccccc2)C(c2ccc(-n3cnnn3)cc2)=N1. The molecule has 0 saturated heterocycles. The van der Waals surface area contributed by atoms with Crippen LogP contribution in [-0.4, -0.2) is 90.0 Å². The number of nitrogens with one attached hydrogen (secondary N) is 1. The van der Waals surface area contributed by atoms with Crippen molar-refractivity contribution in [2.45, 2.75) is 12.8 Å². The molecule has 1 unspecified atom stereocenters. The number of aliphatic imine (C=N–C) groups is 1. The molecule has 0 amide bonds. The lowest BCUT2D eigenvalue weighted by atomic mass is 9.90. The van der Waals surface area contributed by atoms with Crippen LogP contribution in [0.1, 0.15) is 24.0 Å². The molecule has 13 heteroatoms. The topological polar surface area (TPSA) is 130 Å². The van der Waals surface area contributed by atoms with E-state index in [-0.39, 0.29) is 25.0 Å². The number of hydrogen-bond acceptors (Lipinski definition) is 8. The summed E-state index contributed by atoms with van der Waals surface area (Å²) in [5.74, 6) is 0.0502. The predicted molar refractivity (Wildman–Crippen MR) is 136 cm³/mol. The van der Waals surface area contributed by atoms with Crippen LogP contribution in [0.5, 0.6) is 0 Å². The lowest BCUT2D eigenvalue weighted by Gasteiger charge is -2.24. The van der Waals surface area contributed by atoms with E-state index in [0.29, 0.717) is 13.1 Å². The molecule has 190 valence electrons. The maximum Gasteiger partial charge on any atom is 0.304 e. The molecule has 0 aliphatic carbocycles. The van der Waals surface area contributed by atoms with E-state index in [0.717, 1.165) is 22.5 Å². The summed E-state index contributed by atoms with van der Waals surface area (Å²) < 4.78 is 36.6. The molecule has 1 atom stereocenters. The summed E-state index contributed by atoms with van der Waals surface area (Å²) >= 11 is 0. The van der Waals surface area contributed by atoms with Crippen LogP contribution < -0.4 is 4.72 Å². The van der Waals surface area contributed by atoms with Gasteiger partial charge in [-0.25, -0.2) is 14.4 Å². The largest absolute Gasteiger partial charge is 0.383 e. The number of ether oxygens (including phenoxy) is 1. The van der Waals surface area contributed by atoms with Crippen molar-refractivity contribution in [3.8, 4) is 5.69 Å². The van der Waals surface area contributed by atoms with Crippen LogP contribution in [0.15, 0.2) is 71.0 Å². The van der Waals surface area contributed by atoms with Gasteiger partial charge in [0.1, 0.15) is 6.33 Å². The van der Waals surface area contributed by atoms with Crippen molar-refractivity contribution >= 4 is 21.9 Å². The highest BCUT2D eigenvalue weighted by Crippen LogP contribution is 2.29. The minimum absolute atomic E-state index is 0.0953. The van der Waals surface area contributed by atoms with Gasteiger partial charge in [0.2, 0.25) is 5.96 Å². The smallest absolute Gasteiger partial charge is 0.304 e. The van der Waals surface area contributed by atoms with Gasteiger partial charge < -0.3 is 4.74 Å². The molecule has 1 aliphatic rings. The van der Waals surface area contributed by atoms with E-state index in [2.05, 4.69) is 25.2 Å². The van der Waals surface area contributed by atoms with Crippen LogP contribution in [0, 0.1) is 0 Å². The van der Waals surface area contributed by atoms with Gasteiger partial charge in [-0.3, -0.25) is 4.99 Å². The van der Waals surface area contributed by atoms with Crippen LogP contribution in [0.25, 0.3) is 5.69 Å². The van der Waals surface area contributed by atoms with Crippen molar-refractivity contribution in [3.63, 3.8) is 0 Å². The van der Waals surface area contributed by atoms with Crippen molar-refractivity contribution in [3.05, 3.63) is 72.1 Å². The fourth-order valence-electron chi connectivity index (χ4n) is 3.94. The van der Waals surface area contributed by atoms with Crippen LogP contribution in [0.4, 0.5) is 0 Å². The number of aromatic nitrogens is 4. The Labute approximate surface area is 210 Å². The van der Waals surface area contributed by atoms with Crippen LogP contribution in [-0.2, 0) is 14.9 Å². The lowest BCUT2D eigenvalue weighted by Crippen LogP contribution is -2.49. The summed E-state index contributed by atoms with van der Waals surface area (Å²) in [6, 6.07) is 17.7. The monoisotopic (exact) mass is 511 g/mol. The van der Waals surface area contributed by atoms with E-state index >= 15 is 0 Å². The molecule has 4 rings (SSSR count). The molecule has 12 nitrogen and oxygen atoms in total. The van der Waals surface area contributed by atoms with E-state index in [1.165, 1.54) is 24.8 Å². The molecule has 1 N–H and O–H groups in total. The molecule has 36 heavy (non-hydrogen) atoms. The summed E-state index contributed by atoms with van der Waals surface area (Å²) in [4.78, 5) is 4.22. The van der Waals surface area contributed by atoms with E-state index in [4.69, 9.17) is 9.84 Å². The van der Waals surface area contributed by atoms with Gasteiger partial charge in [0.05, 0.1) is 24.6 Å². The quantitative estimate of drug-likeness (QED) is 0.338. The highest BCUT2D eigenvalue weighted by molar-refractivity contribution is 7.87. The number of rotatable bonds is 9. The minimum Gasteiger partial charge on any atom is -0.383 e. The summed E-state index contributed by atoms with van der Waals surface area (Å²) in [5, 5.41) is 17.7. The Morgan fingerprint density at radius 1 is 1.19 bits per heavy atom. The average molecular weight is 512 g/mol. The first kappa shape index (κ1) is 25.4. The third-order valence-corrected chi connectivity index (χ3v) is 7.37. The van der Waals surface area contributed by atoms with E-state index in [1.807, 2.05) is 54.6 Å². The highest BCUT2D eigenvalue weighted by atomic mass is 32.2. The Kier molecular flexibility index (Phi) is 8.03. The number of hydrogen-bond donors (Lipinski definition) is 1. The van der Waals surface area contributed by atoms with Crippen molar-refractivity contribution < 1.29 is 13.2 Å². The molecular formula is C23H29N9O3S. The lowest BCUT2D eigenvalue weighted by molar-refractivity contribution is 0.180. The van der Waals surface area contributed by atoms with Crippen molar-refractivity contribution in [2.24, 2.45) is 10.1 Å². The summed E-state index contributed by atoms with van der Waals surface area (Å²) in [5.41, 5.74) is 3.58. The van der Waals surface area contributed by atoms with Crippen LogP contribution >= 0.6 is 0 Å². The first-order valence-corrected chi connectivity index (χ1v) is 12.9. The van der Waals surface area contributed by atoms with E-state index < -0.39 is 10.2 Å². The molecule has 0 spiro atoms. The molecule has 0 saturated carbocycles. The maximum atomic E-state index is 13.0. The third kappa shape index (κ3) is 5.58. The number of hydrazone groups is 1. The Balaban J connectivity index is 1.63.